The van der Waals surface area contributed by atoms with Crippen LogP contribution in [0, 0.1) is 19.3 Å². The Morgan fingerprint density at radius 3 is 2.48 bits per heavy atom. The summed E-state index contributed by atoms with van der Waals surface area (Å²) in [7, 11) is -2.88. The molecular formula is C39H48F2N6O8S. The van der Waals surface area contributed by atoms with Gasteiger partial charge in [-0.2, -0.15) is 4.31 Å². The summed E-state index contributed by atoms with van der Waals surface area (Å²) >= 11 is 0. The Morgan fingerprint density at radius 2 is 1.77 bits per heavy atom. The number of sulfonamides is 1. The van der Waals surface area contributed by atoms with Crippen LogP contribution in [0.15, 0.2) is 47.6 Å². The van der Waals surface area contributed by atoms with E-state index < -0.39 is 45.2 Å². The van der Waals surface area contributed by atoms with Gasteiger partial charge in [0, 0.05) is 57.2 Å². The highest BCUT2D eigenvalue weighted by atomic mass is 32.2. The lowest BCUT2D eigenvalue weighted by atomic mass is 9.70. The van der Waals surface area contributed by atoms with Crippen LogP contribution in [0.1, 0.15) is 72.7 Å². The molecule has 0 N–H and O–H groups in total. The Morgan fingerprint density at radius 1 is 1.04 bits per heavy atom. The third-order valence-electron chi connectivity index (χ3n) is 11.3. The number of methoxy groups -OCH3 is 1. The van der Waals surface area contributed by atoms with Gasteiger partial charge < -0.3 is 23.7 Å². The summed E-state index contributed by atoms with van der Waals surface area (Å²) in [5, 5.41) is 7.78. The maximum absolute atomic E-state index is 14.8. The largest absolute Gasteiger partial charge is 0.491 e. The second-order valence-corrected chi connectivity index (χ2v) is 17.1. The molecule has 0 aliphatic carbocycles. The Labute approximate surface area is 325 Å². The van der Waals surface area contributed by atoms with Crippen molar-refractivity contribution in [2.24, 2.45) is 5.41 Å². The minimum absolute atomic E-state index is 0.0130. The lowest BCUT2D eigenvalue weighted by molar-refractivity contribution is -0.151. The lowest BCUT2D eigenvalue weighted by Crippen LogP contribution is -2.50. The number of nitrogens with zero attached hydrogens (tertiary/aromatic N) is 6. The fourth-order valence-electron chi connectivity index (χ4n) is 7.97. The monoisotopic (exact) mass is 798 g/mol. The zero-order valence-corrected chi connectivity index (χ0v) is 33.1. The van der Waals surface area contributed by atoms with E-state index in [0.29, 0.717) is 80.4 Å². The summed E-state index contributed by atoms with van der Waals surface area (Å²) in [6.07, 6.45) is 1.08. The number of esters is 1. The van der Waals surface area contributed by atoms with Gasteiger partial charge in [-0.1, -0.05) is 18.2 Å². The molecule has 1 spiro atoms. The van der Waals surface area contributed by atoms with Gasteiger partial charge in [0.05, 0.1) is 51.7 Å². The number of fused-ring (bicyclic) bond motifs is 2. The van der Waals surface area contributed by atoms with E-state index in [4.69, 9.17) is 23.7 Å². The zero-order chi connectivity index (χ0) is 39.8. The van der Waals surface area contributed by atoms with Crippen molar-refractivity contribution in [1.82, 2.24) is 28.8 Å². The molecule has 7 rings (SSSR count). The quantitative estimate of drug-likeness (QED) is 0.191. The maximum atomic E-state index is 14.8. The van der Waals surface area contributed by atoms with E-state index in [2.05, 4.69) is 20.1 Å². The second-order valence-electron chi connectivity index (χ2n) is 15.2. The molecule has 3 aromatic heterocycles. The molecule has 302 valence electrons. The number of morpholine rings is 1. The maximum Gasteiger partial charge on any atom is 0.312 e. The molecular weight excluding hydrogens is 751 g/mol. The smallest absolute Gasteiger partial charge is 0.312 e. The molecule has 2 fully saturated rings. The fourth-order valence-corrected chi connectivity index (χ4v) is 9.55. The van der Waals surface area contributed by atoms with Gasteiger partial charge in [-0.25, -0.2) is 22.2 Å². The summed E-state index contributed by atoms with van der Waals surface area (Å²) in [6, 6.07) is 8.88. The molecule has 2 saturated heterocycles. The van der Waals surface area contributed by atoms with Gasteiger partial charge in [-0.3, -0.25) is 14.1 Å². The number of pyridine rings is 2. The number of hydrogen-bond acceptors (Lipinski definition) is 12. The molecule has 3 aliphatic heterocycles. The van der Waals surface area contributed by atoms with Crippen LogP contribution < -0.4 is 9.47 Å². The van der Waals surface area contributed by atoms with Crippen molar-refractivity contribution in [1.29, 1.82) is 0 Å². The summed E-state index contributed by atoms with van der Waals surface area (Å²) in [4.78, 5) is 20.1. The number of hydrogen-bond donors (Lipinski definition) is 0. The van der Waals surface area contributed by atoms with Gasteiger partial charge in [-0.15, -0.1) is 10.2 Å². The van der Waals surface area contributed by atoms with E-state index in [1.54, 1.807) is 26.8 Å². The lowest BCUT2D eigenvalue weighted by Gasteiger charge is -2.38. The first-order valence-electron chi connectivity index (χ1n) is 18.7. The highest BCUT2D eigenvalue weighted by molar-refractivity contribution is 7.89. The van der Waals surface area contributed by atoms with E-state index in [0.717, 1.165) is 18.7 Å². The predicted molar refractivity (Wildman–Crippen MR) is 199 cm³/mol. The number of carbonyl (C=O) groups excluding carboxylic acids is 1. The van der Waals surface area contributed by atoms with Gasteiger partial charge in [0.15, 0.2) is 5.65 Å². The molecule has 14 nitrogen and oxygen atoms in total. The standard InChI is InChI=1S/C39H48F2N6O8S/c1-25-6-7-27(32(38(3,4)37(48)51-5)30-8-11-47-34(26(30)2)43-44-35(47)33(40)41)20-28(25)23-46-24-39(9-15-52-16-10-39)55-36-31(56(46,49)50)21-29(22-42-36)54-19-14-45-12-17-53-18-13-45/h6-8,11,20-22,32-33H,9-10,12-19,23-24H2,1-5H3. The molecule has 0 saturated carbocycles. The highest BCUT2D eigenvalue weighted by Gasteiger charge is 2.46. The predicted octanol–water partition coefficient (Wildman–Crippen LogP) is 4.85. The van der Waals surface area contributed by atoms with Crippen molar-refractivity contribution in [3.05, 3.63) is 76.4 Å². The average molecular weight is 799 g/mol. The van der Waals surface area contributed by atoms with Crippen LogP contribution >= 0.6 is 0 Å². The van der Waals surface area contributed by atoms with Gasteiger partial charge in [-0.05, 0) is 61.6 Å². The minimum atomic E-state index is -4.20. The van der Waals surface area contributed by atoms with E-state index >= 15 is 0 Å². The number of halogens is 2. The Hall–Kier alpha value is -4.29. The molecule has 1 aromatic carbocycles. The molecule has 3 aliphatic rings. The molecule has 1 unspecified atom stereocenters. The number of benzene rings is 1. The average Bonchev–Trinajstić information content (AvgIpc) is 3.60. The van der Waals surface area contributed by atoms with Crippen molar-refractivity contribution in [3.8, 4) is 11.6 Å². The molecule has 0 bridgehead atoms. The van der Waals surface area contributed by atoms with Crippen LogP contribution in [0.25, 0.3) is 5.65 Å². The van der Waals surface area contributed by atoms with Crippen LogP contribution in [-0.2, 0) is 35.6 Å². The molecule has 56 heavy (non-hydrogen) atoms. The molecule has 0 radical (unpaired) electrons. The molecule has 0 amide bonds. The Kier molecular flexibility index (Phi) is 11.4. The topological polar surface area (TPSA) is 147 Å². The van der Waals surface area contributed by atoms with Crippen molar-refractivity contribution >= 4 is 21.6 Å². The first-order chi connectivity index (χ1) is 26.7. The molecule has 1 atom stereocenters. The van der Waals surface area contributed by atoms with Gasteiger partial charge in [0.2, 0.25) is 21.7 Å². The highest BCUT2D eigenvalue weighted by Crippen LogP contribution is 2.45. The number of alkyl halides is 2. The molecule has 17 heteroatoms. The second kappa shape index (κ2) is 15.9. The van der Waals surface area contributed by atoms with Crippen molar-refractivity contribution in [2.75, 3.05) is 66.3 Å². The normalized spacial score (nSPS) is 19.4. The fraction of sp³-hybridized carbons (Fsp3) is 0.538. The van der Waals surface area contributed by atoms with Gasteiger partial charge >= 0.3 is 5.97 Å². The Bertz CT molecular complexity index is 2190. The Balaban J connectivity index is 1.26. The van der Waals surface area contributed by atoms with Crippen LogP contribution in [0.2, 0.25) is 0 Å². The van der Waals surface area contributed by atoms with E-state index in [9.17, 15) is 22.0 Å². The summed E-state index contributed by atoms with van der Waals surface area (Å²) in [6.45, 7) is 12.0. The van der Waals surface area contributed by atoms with Crippen LogP contribution in [-0.4, -0.2) is 115 Å². The van der Waals surface area contributed by atoms with Crippen LogP contribution in [0.4, 0.5) is 8.78 Å². The molecule has 6 heterocycles. The van der Waals surface area contributed by atoms with Crippen LogP contribution in [0.5, 0.6) is 11.6 Å². The SMILES string of the molecule is COC(=O)C(C)(C)C(c1ccc(C)c(CN2CC3(CCOCC3)Oc3ncc(OCCN4CCOCC4)cc3S2(=O)=O)c1)c1ccn2c(C(F)F)nnc2c1C. The minimum Gasteiger partial charge on any atom is -0.491 e. The van der Waals surface area contributed by atoms with E-state index in [-0.39, 0.29) is 29.5 Å². The number of rotatable bonds is 11. The summed E-state index contributed by atoms with van der Waals surface area (Å²) in [5.41, 5.74) is 1.66. The third kappa shape index (κ3) is 7.71. The number of ether oxygens (including phenoxy) is 5. The van der Waals surface area contributed by atoms with Crippen LogP contribution in [0.3, 0.4) is 0 Å². The summed E-state index contributed by atoms with van der Waals surface area (Å²) in [5.74, 6) is -1.28. The van der Waals surface area contributed by atoms with E-state index in [1.807, 2.05) is 25.1 Å². The van der Waals surface area contributed by atoms with Crippen molar-refractivity contribution < 1.29 is 45.7 Å². The first-order valence-corrected chi connectivity index (χ1v) is 20.2. The number of carbonyl (C=O) groups is 1. The van der Waals surface area contributed by atoms with Crippen molar-refractivity contribution in [3.63, 3.8) is 0 Å². The molecule has 4 aromatic rings. The third-order valence-corrected chi connectivity index (χ3v) is 13.0. The number of aromatic nitrogens is 4. The number of aryl methyl sites for hydroxylation is 2. The van der Waals surface area contributed by atoms with Gasteiger partial charge in [0.1, 0.15) is 22.9 Å². The zero-order valence-electron chi connectivity index (χ0n) is 32.3. The first kappa shape index (κ1) is 39.9. The van der Waals surface area contributed by atoms with E-state index in [1.165, 1.54) is 34.3 Å². The summed E-state index contributed by atoms with van der Waals surface area (Å²) < 4.78 is 88.6. The van der Waals surface area contributed by atoms with Gasteiger partial charge in [0.25, 0.3) is 6.43 Å². The van der Waals surface area contributed by atoms with Crippen molar-refractivity contribution in [2.45, 2.75) is 69.9 Å².